The van der Waals surface area contributed by atoms with E-state index in [0.29, 0.717) is 17.8 Å². The number of carbonyl (C=O) groups is 1. The molecule has 1 amide bonds. The zero-order valence-corrected chi connectivity index (χ0v) is 19.1. The first kappa shape index (κ1) is 22.0. The molecule has 2 aromatic heterocycles. The van der Waals surface area contributed by atoms with Crippen molar-refractivity contribution < 1.29 is 4.79 Å². The van der Waals surface area contributed by atoms with E-state index in [4.69, 9.17) is 0 Å². The summed E-state index contributed by atoms with van der Waals surface area (Å²) in [4.78, 5) is 26.0. The standard InChI is InChI=1S/C26H27N3O2S/c1-18(2)16-19-9-11-20(12-10-19)26(24-8-5-15-32-24)28-25(31)13-14-29-22-7-4-3-6-21(22)23(30)17-27-29/h3-12,15,17-18,26H,13-14,16H2,1-2H3,(H,28,31)/t26-/m1/s1. The van der Waals surface area contributed by atoms with E-state index in [-0.39, 0.29) is 23.8 Å². The summed E-state index contributed by atoms with van der Waals surface area (Å²) < 4.78 is 1.72. The fourth-order valence-electron chi connectivity index (χ4n) is 3.87. The van der Waals surface area contributed by atoms with Crippen LogP contribution in [-0.2, 0) is 17.8 Å². The number of benzene rings is 2. The number of hydrogen-bond acceptors (Lipinski definition) is 4. The lowest BCUT2D eigenvalue weighted by Crippen LogP contribution is -2.30. The topological polar surface area (TPSA) is 64.0 Å². The van der Waals surface area contributed by atoms with Crippen LogP contribution in [0.5, 0.6) is 0 Å². The lowest BCUT2D eigenvalue weighted by molar-refractivity contribution is -0.121. The Balaban J connectivity index is 1.49. The van der Waals surface area contributed by atoms with E-state index in [1.165, 1.54) is 11.8 Å². The van der Waals surface area contributed by atoms with Crippen LogP contribution in [0.1, 0.15) is 42.3 Å². The van der Waals surface area contributed by atoms with Crippen LogP contribution in [-0.4, -0.2) is 15.7 Å². The van der Waals surface area contributed by atoms with Crippen molar-refractivity contribution in [2.24, 2.45) is 5.92 Å². The highest BCUT2D eigenvalue weighted by molar-refractivity contribution is 7.10. The van der Waals surface area contributed by atoms with Crippen LogP contribution < -0.4 is 10.7 Å². The largest absolute Gasteiger partial charge is 0.344 e. The molecule has 1 atom stereocenters. The average Bonchev–Trinajstić information content (AvgIpc) is 3.32. The van der Waals surface area contributed by atoms with Crippen LogP contribution in [0.4, 0.5) is 0 Å². The highest BCUT2D eigenvalue weighted by Gasteiger charge is 2.18. The number of para-hydroxylation sites is 1. The van der Waals surface area contributed by atoms with Crippen molar-refractivity contribution in [3.8, 4) is 0 Å². The van der Waals surface area contributed by atoms with Crippen molar-refractivity contribution in [2.45, 2.75) is 39.3 Å². The molecule has 2 aromatic carbocycles. The second kappa shape index (κ2) is 9.92. The molecule has 32 heavy (non-hydrogen) atoms. The Labute approximate surface area is 191 Å². The molecule has 1 N–H and O–H groups in total. The molecule has 6 heteroatoms. The second-order valence-corrected chi connectivity index (χ2v) is 9.33. The van der Waals surface area contributed by atoms with Gasteiger partial charge in [-0.05, 0) is 47.0 Å². The molecule has 164 valence electrons. The Morgan fingerprint density at radius 3 is 2.56 bits per heavy atom. The molecule has 0 saturated heterocycles. The SMILES string of the molecule is CC(C)Cc1ccc([C@@H](NC(=O)CCn2ncc(=O)c3ccccc32)c2cccs2)cc1. The van der Waals surface area contributed by atoms with Gasteiger partial charge in [-0.2, -0.15) is 5.10 Å². The Morgan fingerprint density at radius 1 is 1.06 bits per heavy atom. The molecule has 0 aliphatic carbocycles. The summed E-state index contributed by atoms with van der Waals surface area (Å²) in [5.41, 5.74) is 3.00. The van der Waals surface area contributed by atoms with Crippen molar-refractivity contribution in [3.05, 3.63) is 98.5 Å². The second-order valence-electron chi connectivity index (χ2n) is 8.35. The lowest BCUT2D eigenvalue weighted by atomic mass is 9.98. The number of nitrogens with one attached hydrogen (secondary N) is 1. The monoisotopic (exact) mass is 445 g/mol. The van der Waals surface area contributed by atoms with Crippen molar-refractivity contribution in [3.63, 3.8) is 0 Å². The Hall–Kier alpha value is -3.25. The molecule has 0 unspecified atom stereocenters. The number of rotatable bonds is 8. The van der Waals surface area contributed by atoms with E-state index in [1.54, 1.807) is 22.1 Å². The molecular formula is C26H27N3O2S. The molecule has 0 aliphatic heterocycles. The first-order chi connectivity index (χ1) is 15.5. The van der Waals surface area contributed by atoms with Gasteiger partial charge < -0.3 is 5.32 Å². The van der Waals surface area contributed by atoms with E-state index in [0.717, 1.165) is 22.4 Å². The van der Waals surface area contributed by atoms with Gasteiger partial charge in [0.25, 0.3) is 0 Å². The summed E-state index contributed by atoms with van der Waals surface area (Å²) in [5, 5.41) is 10.1. The maximum atomic E-state index is 12.9. The smallest absolute Gasteiger partial charge is 0.222 e. The molecule has 0 spiro atoms. The zero-order chi connectivity index (χ0) is 22.5. The highest BCUT2D eigenvalue weighted by atomic mass is 32.1. The number of nitrogens with zero attached hydrogens (tertiary/aromatic N) is 2. The quantitative estimate of drug-likeness (QED) is 0.417. The summed E-state index contributed by atoms with van der Waals surface area (Å²) in [6.45, 7) is 4.82. The molecule has 0 fully saturated rings. The third kappa shape index (κ3) is 5.14. The fraction of sp³-hybridized carbons (Fsp3) is 0.269. The number of fused-ring (bicyclic) bond motifs is 1. The van der Waals surface area contributed by atoms with E-state index in [2.05, 4.69) is 54.6 Å². The molecular weight excluding hydrogens is 418 g/mol. The first-order valence-electron chi connectivity index (χ1n) is 10.9. The van der Waals surface area contributed by atoms with Gasteiger partial charge in [0.2, 0.25) is 11.3 Å². The molecule has 0 aliphatic rings. The van der Waals surface area contributed by atoms with Crippen LogP contribution in [0, 0.1) is 5.92 Å². The van der Waals surface area contributed by atoms with Gasteiger partial charge in [-0.25, -0.2) is 0 Å². The lowest BCUT2D eigenvalue weighted by Gasteiger charge is -2.19. The predicted octanol–water partition coefficient (Wildman–Crippen LogP) is 4.95. The van der Waals surface area contributed by atoms with Crippen LogP contribution in [0.15, 0.2) is 77.0 Å². The molecule has 4 aromatic rings. The molecule has 4 rings (SSSR count). The van der Waals surface area contributed by atoms with Crippen LogP contribution >= 0.6 is 11.3 Å². The van der Waals surface area contributed by atoms with Gasteiger partial charge in [-0.1, -0.05) is 56.3 Å². The van der Waals surface area contributed by atoms with Gasteiger partial charge in [0.05, 0.1) is 24.3 Å². The minimum absolute atomic E-state index is 0.0563. The number of thiophene rings is 1. The molecule has 0 radical (unpaired) electrons. The summed E-state index contributed by atoms with van der Waals surface area (Å²) in [5.74, 6) is 0.547. The minimum Gasteiger partial charge on any atom is -0.344 e. The maximum absolute atomic E-state index is 12.9. The van der Waals surface area contributed by atoms with Crippen molar-refractivity contribution in [1.29, 1.82) is 0 Å². The number of amides is 1. The fourth-order valence-corrected chi connectivity index (χ4v) is 4.67. The van der Waals surface area contributed by atoms with Crippen molar-refractivity contribution in [1.82, 2.24) is 15.1 Å². The van der Waals surface area contributed by atoms with Crippen LogP contribution in [0.2, 0.25) is 0 Å². The summed E-state index contributed by atoms with van der Waals surface area (Å²) in [6, 6.07) is 19.7. The zero-order valence-electron chi connectivity index (χ0n) is 18.3. The normalized spacial score (nSPS) is 12.2. The van der Waals surface area contributed by atoms with E-state index < -0.39 is 0 Å². The van der Waals surface area contributed by atoms with Crippen LogP contribution in [0.25, 0.3) is 10.9 Å². The Kier molecular flexibility index (Phi) is 6.81. The summed E-state index contributed by atoms with van der Waals surface area (Å²) in [6.07, 6.45) is 2.62. The molecule has 0 saturated carbocycles. The van der Waals surface area contributed by atoms with E-state index in [1.807, 2.05) is 29.6 Å². The van der Waals surface area contributed by atoms with Gasteiger partial charge in [-0.15, -0.1) is 11.3 Å². The minimum atomic E-state index is -0.186. The van der Waals surface area contributed by atoms with Crippen molar-refractivity contribution in [2.75, 3.05) is 0 Å². The maximum Gasteiger partial charge on any atom is 0.222 e. The molecule has 2 heterocycles. The predicted molar refractivity (Wildman–Crippen MR) is 130 cm³/mol. The third-order valence-corrected chi connectivity index (χ3v) is 6.34. The third-order valence-electron chi connectivity index (χ3n) is 5.40. The summed E-state index contributed by atoms with van der Waals surface area (Å²) in [7, 11) is 0. The van der Waals surface area contributed by atoms with E-state index >= 15 is 0 Å². The average molecular weight is 446 g/mol. The highest BCUT2D eigenvalue weighted by Crippen LogP contribution is 2.27. The van der Waals surface area contributed by atoms with Gasteiger partial charge in [0.1, 0.15) is 0 Å². The van der Waals surface area contributed by atoms with Gasteiger partial charge in [0, 0.05) is 16.7 Å². The Bertz CT molecular complexity index is 1240. The van der Waals surface area contributed by atoms with Crippen LogP contribution in [0.3, 0.4) is 0 Å². The van der Waals surface area contributed by atoms with Gasteiger partial charge in [-0.3, -0.25) is 14.3 Å². The number of carbonyl (C=O) groups excluding carboxylic acids is 1. The van der Waals surface area contributed by atoms with E-state index in [9.17, 15) is 9.59 Å². The molecule has 5 nitrogen and oxygen atoms in total. The summed E-state index contributed by atoms with van der Waals surface area (Å²) >= 11 is 1.63. The molecule has 0 bridgehead atoms. The Morgan fingerprint density at radius 2 is 1.84 bits per heavy atom. The first-order valence-corrected chi connectivity index (χ1v) is 11.8. The van der Waals surface area contributed by atoms with Gasteiger partial charge >= 0.3 is 0 Å². The number of aryl methyl sites for hydroxylation is 1. The van der Waals surface area contributed by atoms with Gasteiger partial charge in [0.15, 0.2) is 0 Å². The van der Waals surface area contributed by atoms with Crippen molar-refractivity contribution >= 4 is 28.1 Å². The number of hydrogen-bond donors (Lipinski definition) is 1. The number of aromatic nitrogens is 2.